The standard InChI is InChI=1S/C17H21NS/c1-12-9-10-19-17(12)13(2)18-16-8-7-14-5-3-4-6-15(14)11-16/h3-6,9-10,13,16,18H,7-8,11H2,1-2H3. The summed E-state index contributed by atoms with van der Waals surface area (Å²) in [5.74, 6) is 0. The molecule has 0 saturated carbocycles. The van der Waals surface area contributed by atoms with Crippen LogP contribution in [0.5, 0.6) is 0 Å². The molecular formula is C17H21NS. The van der Waals surface area contributed by atoms with Crippen molar-refractivity contribution in [1.82, 2.24) is 5.32 Å². The average Bonchev–Trinajstić information content (AvgIpc) is 2.85. The van der Waals surface area contributed by atoms with Crippen LogP contribution < -0.4 is 5.32 Å². The van der Waals surface area contributed by atoms with E-state index in [9.17, 15) is 0 Å². The van der Waals surface area contributed by atoms with Gasteiger partial charge in [-0.25, -0.2) is 0 Å². The first-order valence-electron chi connectivity index (χ1n) is 7.11. The van der Waals surface area contributed by atoms with E-state index in [4.69, 9.17) is 0 Å². The average molecular weight is 271 g/mol. The fourth-order valence-electron chi connectivity index (χ4n) is 3.10. The number of hydrogen-bond acceptors (Lipinski definition) is 2. The minimum Gasteiger partial charge on any atom is -0.306 e. The first-order chi connectivity index (χ1) is 9.24. The second-order valence-corrected chi connectivity index (χ2v) is 6.51. The SMILES string of the molecule is Cc1ccsc1C(C)NC1CCc2ccccc2C1. The molecule has 19 heavy (non-hydrogen) atoms. The lowest BCUT2D eigenvalue weighted by molar-refractivity contribution is 0.416. The molecule has 1 heterocycles. The van der Waals surface area contributed by atoms with Gasteiger partial charge in [-0.15, -0.1) is 11.3 Å². The summed E-state index contributed by atoms with van der Waals surface area (Å²) < 4.78 is 0. The minimum atomic E-state index is 0.468. The predicted octanol–water partition coefficient (Wildman–Crippen LogP) is 4.26. The maximum atomic E-state index is 3.81. The number of thiophene rings is 1. The normalized spacial score (nSPS) is 20.0. The zero-order chi connectivity index (χ0) is 13.2. The van der Waals surface area contributed by atoms with Crippen molar-refractivity contribution in [2.75, 3.05) is 0 Å². The summed E-state index contributed by atoms with van der Waals surface area (Å²) in [6.07, 6.45) is 3.64. The topological polar surface area (TPSA) is 12.0 Å². The third kappa shape index (κ3) is 2.75. The van der Waals surface area contributed by atoms with Crippen molar-refractivity contribution >= 4 is 11.3 Å². The highest BCUT2D eigenvalue weighted by molar-refractivity contribution is 7.10. The van der Waals surface area contributed by atoms with Crippen LogP contribution in [-0.4, -0.2) is 6.04 Å². The summed E-state index contributed by atoms with van der Waals surface area (Å²) in [6, 6.07) is 12.2. The fraction of sp³-hybridized carbons (Fsp3) is 0.412. The van der Waals surface area contributed by atoms with Crippen molar-refractivity contribution in [3.63, 3.8) is 0 Å². The lowest BCUT2D eigenvalue weighted by atomic mass is 9.88. The van der Waals surface area contributed by atoms with E-state index in [1.165, 1.54) is 35.3 Å². The Balaban J connectivity index is 1.68. The molecule has 0 amide bonds. The van der Waals surface area contributed by atoms with Crippen LogP contribution in [0.1, 0.15) is 41.0 Å². The van der Waals surface area contributed by atoms with Gasteiger partial charge < -0.3 is 5.32 Å². The molecule has 2 unspecified atom stereocenters. The largest absolute Gasteiger partial charge is 0.306 e. The second-order valence-electron chi connectivity index (χ2n) is 5.56. The molecule has 1 N–H and O–H groups in total. The van der Waals surface area contributed by atoms with E-state index in [0.717, 1.165) is 0 Å². The van der Waals surface area contributed by atoms with Crippen LogP contribution in [0, 0.1) is 6.92 Å². The monoisotopic (exact) mass is 271 g/mol. The van der Waals surface area contributed by atoms with E-state index in [1.807, 2.05) is 11.3 Å². The zero-order valence-corrected chi connectivity index (χ0v) is 12.5. The van der Waals surface area contributed by atoms with E-state index in [-0.39, 0.29) is 0 Å². The molecule has 0 bridgehead atoms. The van der Waals surface area contributed by atoms with Gasteiger partial charge in [0.05, 0.1) is 0 Å². The van der Waals surface area contributed by atoms with Crippen LogP contribution in [0.2, 0.25) is 0 Å². The molecule has 0 radical (unpaired) electrons. The van der Waals surface area contributed by atoms with Crippen LogP contribution in [0.4, 0.5) is 0 Å². The van der Waals surface area contributed by atoms with Crippen molar-refractivity contribution in [2.45, 2.75) is 45.2 Å². The Morgan fingerprint density at radius 3 is 2.74 bits per heavy atom. The molecule has 0 spiro atoms. The Morgan fingerprint density at radius 1 is 1.21 bits per heavy atom. The van der Waals surface area contributed by atoms with Gasteiger partial charge >= 0.3 is 0 Å². The molecule has 1 aromatic carbocycles. The van der Waals surface area contributed by atoms with Crippen molar-refractivity contribution < 1.29 is 0 Å². The molecule has 3 rings (SSSR count). The van der Waals surface area contributed by atoms with Crippen LogP contribution in [0.25, 0.3) is 0 Å². The Bertz CT molecular complexity index is 558. The van der Waals surface area contributed by atoms with Crippen LogP contribution in [0.3, 0.4) is 0 Å². The molecule has 2 aromatic rings. The van der Waals surface area contributed by atoms with Crippen LogP contribution >= 0.6 is 11.3 Å². The summed E-state index contributed by atoms with van der Waals surface area (Å²) in [5.41, 5.74) is 4.49. The molecule has 1 nitrogen and oxygen atoms in total. The molecule has 1 aliphatic carbocycles. The van der Waals surface area contributed by atoms with Gasteiger partial charge in [0.15, 0.2) is 0 Å². The van der Waals surface area contributed by atoms with Crippen LogP contribution in [-0.2, 0) is 12.8 Å². The van der Waals surface area contributed by atoms with Crippen molar-refractivity contribution in [1.29, 1.82) is 0 Å². The Kier molecular flexibility index (Phi) is 3.72. The number of rotatable bonds is 3. The van der Waals surface area contributed by atoms with E-state index >= 15 is 0 Å². The highest BCUT2D eigenvalue weighted by Gasteiger charge is 2.20. The van der Waals surface area contributed by atoms with E-state index in [0.29, 0.717) is 12.1 Å². The lowest BCUT2D eigenvalue weighted by Gasteiger charge is -2.28. The van der Waals surface area contributed by atoms with E-state index < -0.39 is 0 Å². The van der Waals surface area contributed by atoms with Gasteiger partial charge in [-0.2, -0.15) is 0 Å². The van der Waals surface area contributed by atoms with Gasteiger partial charge in [0.1, 0.15) is 0 Å². The molecular weight excluding hydrogens is 250 g/mol. The number of benzene rings is 1. The van der Waals surface area contributed by atoms with E-state index in [1.54, 1.807) is 5.56 Å². The molecule has 0 saturated heterocycles. The second kappa shape index (κ2) is 5.48. The summed E-state index contributed by atoms with van der Waals surface area (Å²) in [5, 5.41) is 6.01. The fourth-order valence-corrected chi connectivity index (χ4v) is 4.04. The van der Waals surface area contributed by atoms with Crippen molar-refractivity contribution in [2.24, 2.45) is 0 Å². The summed E-state index contributed by atoms with van der Waals surface area (Å²) in [7, 11) is 0. The minimum absolute atomic E-state index is 0.468. The Morgan fingerprint density at radius 2 is 2.00 bits per heavy atom. The quantitative estimate of drug-likeness (QED) is 0.879. The first-order valence-corrected chi connectivity index (χ1v) is 7.99. The number of nitrogens with one attached hydrogen (secondary N) is 1. The van der Waals surface area contributed by atoms with Gasteiger partial charge in [0, 0.05) is 17.0 Å². The third-order valence-electron chi connectivity index (χ3n) is 4.13. The van der Waals surface area contributed by atoms with E-state index in [2.05, 4.69) is 54.9 Å². The highest BCUT2D eigenvalue weighted by Crippen LogP contribution is 2.27. The zero-order valence-electron chi connectivity index (χ0n) is 11.6. The number of aryl methyl sites for hydroxylation is 2. The van der Waals surface area contributed by atoms with Crippen LogP contribution in [0.15, 0.2) is 35.7 Å². The molecule has 0 fully saturated rings. The third-order valence-corrected chi connectivity index (χ3v) is 5.33. The molecule has 100 valence electrons. The maximum Gasteiger partial charge on any atom is 0.0391 e. The van der Waals surface area contributed by atoms with Gasteiger partial charge in [-0.1, -0.05) is 24.3 Å². The number of hydrogen-bond donors (Lipinski definition) is 1. The lowest BCUT2D eigenvalue weighted by Crippen LogP contribution is -2.36. The molecule has 2 atom stereocenters. The van der Waals surface area contributed by atoms with Crippen molar-refractivity contribution in [3.8, 4) is 0 Å². The van der Waals surface area contributed by atoms with Crippen molar-refractivity contribution in [3.05, 3.63) is 57.3 Å². The molecule has 1 aliphatic rings. The van der Waals surface area contributed by atoms with Gasteiger partial charge in [0.2, 0.25) is 0 Å². The smallest absolute Gasteiger partial charge is 0.0391 e. The Labute approximate surface area is 119 Å². The molecule has 2 heteroatoms. The number of fused-ring (bicyclic) bond motifs is 1. The maximum absolute atomic E-state index is 3.81. The highest BCUT2D eigenvalue weighted by atomic mass is 32.1. The Hall–Kier alpha value is -1.12. The van der Waals surface area contributed by atoms with Gasteiger partial charge in [-0.3, -0.25) is 0 Å². The van der Waals surface area contributed by atoms with Gasteiger partial charge in [0.25, 0.3) is 0 Å². The van der Waals surface area contributed by atoms with Gasteiger partial charge in [-0.05, 0) is 61.2 Å². The first kappa shape index (κ1) is 12.9. The molecule has 0 aliphatic heterocycles. The summed E-state index contributed by atoms with van der Waals surface area (Å²) in [6.45, 7) is 4.50. The predicted molar refractivity (Wildman–Crippen MR) is 82.9 cm³/mol. The summed E-state index contributed by atoms with van der Waals surface area (Å²) >= 11 is 1.87. The molecule has 1 aromatic heterocycles. The summed E-state index contributed by atoms with van der Waals surface area (Å²) in [4.78, 5) is 1.49.